The van der Waals surface area contributed by atoms with Gasteiger partial charge in [0.15, 0.2) is 11.6 Å². The Morgan fingerprint density at radius 1 is 0.357 bits per heavy atom. The number of rotatable bonds is 6. The molecule has 5 nitrogen and oxygen atoms in total. The van der Waals surface area contributed by atoms with Crippen LogP contribution in [0.2, 0.25) is 0 Å². The first-order valence-electron chi connectivity index (χ1n) is 21.4. The van der Waals surface area contributed by atoms with Crippen LogP contribution in [-0.4, -0.2) is 24.1 Å². The summed E-state index contributed by atoms with van der Waals surface area (Å²) in [5.74, 6) is 0.917. The molecule has 3 aromatic heterocycles. The number of nitrogens with zero attached hydrogens (tertiary/aromatic N) is 5. The van der Waals surface area contributed by atoms with E-state index < -0.39 is 0 Å². The summed E-state index contributed by atoms with van der Waals surface area (Å²) in [6.07, 6.45) is 0. The second kappa shape index (κ2) is 13.0. The van der Waals surface area contributed by atoms with Gasteiger partial charge in [-0.2, -0.15) is 9.97 Å². The molecule has 0 N–H and O–H groups in total. The molecule has 0 aliphatic rings. The van der Waals surface area contributed by atoms with Crippen molar-refractivity contribution in [3.63, 3.8) is 0 Å². The van der Waals surface area contributed by atoms with Crippen molar-refractivity contribution in [1.82, 2.24) is 24.1 Å². The first-order valence-corrected chi connectivity index (χ1v) is 18.4. The standard InChI is InChI=1S/C51H33N5/c1-4-16-34(17-5-1)37-22-14-23-38(30-37)39-24-15-25-40(31-39)55-45-28-12-10-26-41(45)43-32-44-42-27-11-13-29-46(42)56(48(44)33-47(43)55)51-53-49(35-18-6-2-7-19-35)52-50(54-51)36-20-8-3-9-21-36/h1-33H/i10D,11D,28D,29D,32D,33D. The number of benzene rings is 8. The molecular weight excluding hydrogens is 683 g/mol. The molecule has 0 fully saturated rings. The van der Waals surface area contributed by atoms with E-state index in [1.807, 2.05) is 114 Å². The topological polar surface area (TPSA) is 48.5 Å². The second-order valence-electron chi connectivity index (χ2n) is 13.6. The first kappa shape index (κ1) is 26.2. The van der Waals surface area contributed by atoms with Crippen LogP contribution in [0.1, 0.15) is 8.22 Å². The minimum Gasteiger partial charge on any atom is -0.309 e. The van der Waals surface area contributed by atoms with Gasteiger partial charge < -0.3 is 4.57 Å². The van der Waals surface area contributed by atoms with Crippen LogP contribution in [0.4, 0.5) is 0 Å². The highest BCUT2D eigenvalue weighted by atomic mass is 15.2. The highest BCUT2D eigenvalue weighted by Gasteiger charge is 2.21. The Balaban J connectivity index is 1.26. The highest BCUT2D eigenvalue weighted by molar-refractivity contribution is 6.19. The van der Waals surface area contributed by atoms with Crippen molar-refractivity contribution in [2.75, 3.05) is 0 Å². The molecule has 0 spiro atoms. The smallest absolute Gasteiger partial charge is 0.238 e. The third-order valence-electron chi connectivity index (χ3n) is 10.2. The van der Waals surface area contributed by atoms with E-state index in [4.69, 9.17) is 17.7 Å². The summed E-state index contributed by atoms with van der Waals surface area (Å²) in [6.45, 7) is 0. The predicted octanol–water partition coefficient (Wildman–Crippen LogP) is 12.7. The summed E-state index contributed by atoms with van der Waals surface area (Å²) in [6, 6.07) is 52.0. The third-order valence-corrected chi connectivity index (χ3v) is 10.2. The van der Waals surface area contributed by atoms with Crippen molar-refractivity contribution >= 4 is 43.6 Å². The zero-order chi connectivity index (χ0) is 42.2. The van der Waals surface area contributed by atoms with E-state index in [0.29, 0.717) is 55.4 Å². The van der Waals surface area contributed by atoms with Crippen LogP contribution in [-0.2, 0) is 0 Å². The van der Waals surface area contributed by atoms with Crippen LogP contribution in [0, 0.1) is 0 Å². The monoisotopic (exact) mass is 721 g/mol. The van der Waals surface area contributed by atoms with Gasteiger partial charge in [0.2, 0.25) is 5.95 Å². The lowest BCUT2D eigenvalue weighted by Gasteiger charge is -2.12. The molecule has 0 saturated heterocycles. The Morgan fingerprint density at radius 3 is 1.45 bits per heavy atom. The van der Waals surface area contributed by atoms with Gasteiger partial charge in [-0.1, -0.05) is 158 Å². The molecule has 8 aromatic carbocycles. The fourth-order valence-corrected chi connectivity index (χ4v) is 7.63. The van der Waals surface area contributed by atoms with Crippen LogP contribution in [0.3, 0.4) is 0 Å². The predicted molar refractivity (Wildman–Crippen MR) is 230 cm³/mol. The van der Waals surface area contributed by atoms with Gasteiger partial charge in [0.1, 0.15) is 0 Å². The van der Waals surface area contributed by atoms with E-state index in [0.717, 1.165) is 33.4 Å². The summed E-state index contributed by atoms with van der Waals surface area (Å²) in [7, 11) is 0. The minimum absolute atomic E-state index is 0.00896. The molecule has 56 heavy (non-hydrogen) atoms. The normalized spacial score (nSPS) is 13.1. The first-order chi connectivity index (χ1) is 30.2. The Kier molecular flexibility index (Phi) is 6.10. The number of aromatic nitrogens is 5. The van der Waals surface area contributed by atoms with Gasteiger partial charge in [-0.05, 0) is 64.6 Å². The molecule has 0 atom stereocenters. The van der Waals surface area contributed by atoms with E-state index in [2.05, 4.69) is 30.3 Å². The average Bonchev–Trinajstić information content (AvgIpc) is 3.84. The Bertz CT molecular complexity index is 3530. The van der Waals surface area contributed by atoms with E-state index in [9.17, 15) is 5.48 Å². The summed E-state index contributed by atoms with van der Waals surface area (Å²) < 4.78 is 59.9. The van der Waals surface area contributed by atoms with Gasteiger partial charge in [0.25, 0.3) is 0 Å². The van der Waals surface area contributed by atoms with Crippen molar-refractivity contribution in [2.24, 2.45) is 0 Å². The number of hydrogen-bond acceptors (Lipinski definition) is 3. The number of hydrogen-bond donors (Lipinski definition) is 0. The molecule has 0 saturated carbocycles. The molecule has 0 aliphatic carbocycles. The van der Waals surface area contributed by atoms with Gasteiger partial charge in [0, 0.05) is 38.4 Å². The van der Waals surface area contributed by atoms with E-state index in [1.165, 1.54) is 12.1 Å². The lowest BCUT2D eigenvalue weighted by molar-refractivity contribution is 0.953. The fourth-order valence-electron chi connectivity index (χ4n) is 7.63. The van der Waals surface area contributed by atoms with Crippen molar-refractivity contribution in [1.29, 1.82) is 0 Å². The molecule has 5 heteroatoms. The molecule has 0 radical (unpaired) electrons. The SMILES string of the molecule is [2H]c1cc([2H])c2c(c1)c1c([2H])c3c4cc([2H])cc([2H])c4n(-c4nc(-c5ccccc5)nc(-c5ccccc5)n4)c3c([2H])c1n2-c1cccc(-c2cccc(-c3ccccc3)c2)c1. The summed E-state index contributed by atoms with van der Waals surface area (Å²) >= 11 is 0. The molecule has 0 bridgehead atoms. The van der Waals surface area contributed by atoms with Gasteiger partial charge in [0.05, 0.1) is 30.3 Å². The maximum atomic E-state index is 10.3. The summed E-state index contributed by atoms with van der Waals surface area (Å²) in [4.78, 5) is 14.9. The summed E-state index contributed by atoms with van der Waals surface area (Å²) in [5.41, 5.74) is 7.64. The lowest BCUT2D eigenvalue weighted by atomic mass is 9.99. The average molecular weight is 722 g/mol. The van der Waals surface area contributed by atoms with E-state index in [1.54, 1.807) is 16.7 Å². The molecule has 0 aliphatic heterocycles. The number of fused-ring (bicyclic) bond motifs is 6. The Morgan fingerprint density at radius 2 is 0.839 bits per heavy atom. The summed E-state index contributed by atoms with van der Waals surface area (Å²) in [5, 5.41) is 1.65. The van der Waals surface area contributed by atoms with E-state index in [-0.39, 0.29) is 47.7 Å². The Hall–Kier alpha value is -7.63. The van der Waals surface area contributed by atoms with Crippen LogP contribution in [0.15, 0.2) is 200 Å². The molecule has 0 unspecified atom stereocenters. The van der Waals surface area contributed by atoms with Crippen molar-refractivity contribution in [3.8, 4) is 56.7 Å². The molecule has 262 valence electrons. The van der Waals surface area contributed by atoms with Crippen molar-refractivity contribution in [2.45, 2.75) is 0 Å². The second-order valence-corrected chi connectivity index (χ2v) is 13.6. The molecule has 3 heterocycles. The van der Waals surface area contributed by atoms with E-state index >= 15 is 0 Å². The van der Waals surface area contributed by atoms with Crippen LogP contribution < -0.4 is 0 Å². The molecule has 0 amide bonds. The van der Waals surface area contributed by atoms with Gasteiger partial charge in [-0.3, -0.25) is 4.57 Å². The zero-order valence-corrected chi connectivity index (χ0v) is 29.8. The van der Waals surface area contributed by atoms with Gasteiger partial charge in [-0.15, -0.1) is 0 Å². The molecular formula is C51H33N5. The number of para-hydroxylation sites is 2. The van der Waals surface area contributed by atoms with Crippen molar-refractivity contribution < 1.29 is 8.22 Å². The lowest BCUT2D eigenvalue weighted by Crippen LogP contribution is -2.06. The minimum atomic E-state index is 0.00896. The zero-order valence-electron chi connectivity index (χ0n) is 35.8. The maximum absolute atomic E-state index is 10.3. The van der Waals surface area contributed by atoms with Crippen molar-refractivity contribution in [3.05, 3.63) is 200 Å². The van der Waals surface area contributed by atoms with Crippen LogP contribution in [0.5, 0.6) is 0 Å². The third kappa shape index (κ3) is 5.29. The van der Waals surface area contributed by atoms with Crippen LogP contribution in [0.25, 0.3) is 100 Å². The maximum Gasteiger partial charge on any atom is 0.238 e. The Labute approximate surface area is 331 Å². The largest absolute Gasteiger partial charge is 0.309 e. The molecule has 11 aromatic rings. The highest BCUT2D eigenvalue weighted by Crippen LogP contribution is 2.40. The van der Waals surface area contributed by atoms with Crippen LogP contribution >= 0.6 is 0 Å². The fraction of sp³-hybridized carbons (Fsp3) is 0. The molecule has 11 rings (SSSR count). The quantitative estimate of drug-likeness (QED) is 0.172. The van der Waals surface area contributed by atoms with Gasteiger partial charge >= 0.3 is 0 Å². The van der Waals surface area contributed by atoms with Gasteiger partial charge in [-0.25, -0.2) is 4.98 Å².